The minimum absolute atomic E-state index is 0.109. The SMILES string of the molecule is C=CCOc1cc(C(=O)NCC2(CO)CCC2)cc2occc12. The van der Waals surface area contributed by atoms with E-state index in [9.17, 15) is 9.90 Å². The topological polar surface area (TPSA) is 71.7 Å². The second kappa shape index (κ2) is 6.46. The van der Waals surface area contributed by atoms with Crippen molar-refractivity contribution in [3.63, 3.8) is 0 Å². The third-order valence-corrected chi connectivity index (χ3v) is 4.53. The van der Waals surface area contributed by atoms with E-state index in [1.807, 2.05) is 6.07 Å². The molecule has 122 valence electrons. The quantitative estimate of drug-likeness (QED) is 0.771. The zero-order valence-electron chi connectivity index (χ0n) is 13.0. The van der Waals surface area contributed by atoms with Gasteiger partial charge in [-0.1, -0.05) is 19.1 Å². The molecule has 0 spiro atoms. The molecule has 1 saturated carbocycles. The summed E-state index contributed by atoms with van der Waals surface area (Å²) in [7, 11) is 0. The highest BCUT2D eigenvalue weighted by atomic mass is 16.5. The molecule has 1 aromatic carbocycles. The molecule has 23 heavy (non-hydrogen) atoms. The first-order chi connectivity index (χ1) is 11.2. The van der Waals surface area contributed by atoms with Gasteiger partial charge in [0.15, 0.2) is 0 Å². The van der Waals surface area contributed by atoms with E-state index in [-0.39, 0.29) is 17.9 Å². The van der Waals surface area contributed by atoms with E-state index >= 15 is 0 Å². The van der Waals surface area contributed by atoms with Gasteiger partial charge in [0, 0.05) is 17.5 Å². The fourth-order valence-corrected chi connectivity index (χ4v) is 2.87. The van der Waals surface area contributed by atoms with Crippen LogP contribution in [-0.2, 0) is 0 Å². The predicted molar refractivity (Wildman–Crippen MR) is 87.6 cm³/mol. The molecule has 0 saturated heterocycles. The Hall–Kier alpha value is -2.27. The van der Waals surface area contributed by atoms with Gasteiger partial charge < -0.3 is 19.6 Å². The lowest BCUT2D eigenvalue weighted by Gasteiger charge is -2.40. The molecule has 0 radical (unpaired) electrons. The molecular weight excluding hydrogens is 294 g/mol. The van der Waals surface area contributed by atoms with Crippen LogP contribution in [0, 0.1) is 5.41 Å². The van der Waals surface area contributed by atoms with E-state index in [1.165, 1.54) is 0 Å². The lowest BCUT2D eigenvalue weighted by atomic mass is 9.69. The lowest BCUT2D eigenvalue weighted by Crippen LogP contribution is -2.44. The van der Waals surface area contributed by atoms with E-state index < -0.39 is 0 Å². The number of nitrogens with one attached hydrogen (secondary N) is 1. The maximum Gasteiger partial charge on any atom is 0.251 e. The molecule has 2 aromatic rings. The van der Waals surface area contributed by atoms with Crippen molar-refractivity contribution in [2.75, 3.05) is 19.8 Å². The Morgan fingerprint density at radius 2 is 2.30 bits per heavy atom. The van der Waals surface area contributed by atoms with Crippen LogP contribution in [0.4, 0.5) is 0 Å². The highest BCUT2D eigenvalue weighted by Gasteiger charge is 2.36. The number of aliphatic hydroxyl groups excluding tert-OH is 1. The van der Waals surface area contributed by atoms with Gasteiger partial charge >= 0.3 is 0 Å². The fraction of sp³-hybridized carbons (Fsp3) is 0.389. The summed E-state index contributed by atoms with van der Waals surface area (Å²) in [5.74, 6) is 0.410. The van der Waals surface area contributed by atoms with Gasteiger partial charge in [0.1, 0.15) is 17.9 Å². The summed E-state index contributed by atoms with van der Waals surface area (Å²) in [4.78, 5) is 12.4. The van der Waals surface area contributed by atoms with Gasteiger partial charge in [-0.05, 0) is 31.0 Å². The first-order valence-corrected chi connectivity index (χ1v) is 7.81. The number of carbonyl (C=O) groups is 1. The van der Waals surface area contributed by atoms with Crippen molar-refractivity contribution in [2.24, 2.45) is 5.41 Å². The number of hydrogen-bond donors (Lipinski definition) is 2. The number of aliphatic hydroxyl groups is 1. The van der Waals surface area contributed by atoms with Crippen molar-refractivity contribution >= 4 is 16.9 Å². The van der Waals surface area contributed by atoms with Crippen LogP contribution in [-0.4, -0.2) is 30.8 Å². The number of benzene rings is 1. The largest absolute Gasteiger partial charge is 0.489 e. The predicted octanol–water partition coefficient (Wildman–Crippen LogP) is 2.89. The molecule has 1 heterocycles. The Morgan fingerprint density at radius 1 is 1.48 bits per heavy atom. The van der Waals surface area contributed by atoms with Crippen LogP contribution >= 0.6 is 0 Å². The number of fused-ring (bicyclic) bond motifs is 1. The van der Waals surface area contributed by atoms with Crippen molar-refractivity contribution < 1.29 is 19.1 Å². The Bertz CT molecular complexity index is 709. The molecule has 1 amide bonds. The molecule has 1 aliphatic carbocycles. The van der Waals surface area contributed by atoms with Crippen LogP contribution in [0.15, 0.2) is 41.5 Å². The monoisotopic (exact) mass is 315 g/mol. The van der Waals surface area contributed by atoms with E-state index in [1.54, 1.807) is 24.5 Å². The van der Waals surface area contributed by atoms with Crippen molar-refractivity contribution in [2.45, 2.75) is 19.3 Å². The summed E-state index contributed by atoms with van der Waals surface area (Å²) < 4.78 is 11.0. The molecule has 1 aromatic heterocycles. The number of furan rings is 1. The summed E-state index contributed by atoms with van der Waals surface area (Å²) in [5, 5.41) is 13.2. The van der Waals surface area contributed by atoms with Gasteiger partial charge in [0.2, 0.25) is 0 Å². The number of ether oxygens (including phenoxy) is 1. The zero-order chi connectivity index (χ0) is 16.3. The van der Waals surface area contributed by atoms with Crippen LogP contribution in [0.2, 0.25) is 0 Å². The lowest BCUT2D eigenvalue weighted by molar-refractivity contribution is 0.0429. The molecule has 0 bridgehead atoms. The van der Waals surface area contributed by atoms with Crippen molar-refractivity contribution in [3.05, 3.63) is 42.7 Å². The molecule has 3 rings (SSSR count). The van der Waals surface area contributed by atoms with Gasteiger partial charge in [-0.2, -0.15) is 0 Å². The normalized spacial score (nSPS) is 15.9. The van der Waals surface area contributed by atoms with Gasteiger partial charge in [-0.3, -0.25) is 4.79 Å². The summed E-state index contributed by atoms with van der Waals surface area (Å²) in [6.07, 6.45) is 6.24. The minimum Gasteiger partial charge on any atom is -0.489 e. The number of carbonyl (C=O) groups excluding carboxylic acids is 1. The van der Waals surface area contributed by atoms with E-state index in [0.29, 0.717) is 30.0 Å². The molecule has 0 unspecified atom stereocenters. The Kier molecular flexibility index (Phi) is 4.39. The van der Waals surface area contributed by atoms with E-state index in [4.69, 9.17) is 9.15 Å². The average Bonchev–Trinajstić information content (AvgIpc) is 3.00. The van der Waals surface area contributed by atoms with Crippen LogP contribution in [0.5, 0.6) is 5.75 Å². The number of rotatable bonds is 7. The highest BCUT2D eigenvalue weighted by Crippen LogP contribution is 2.39. The first kappa shape index (κ1) is 15.6. The van der Waals surface area contributed by atoms with Crippen molar-refractivity contribution in [1.29, 1.82) is 0 Å². The molecule has 0 aliphatic heterocycles. The zero-order valence-corrected chi connectivity index (χ0v) is 13.0. The van der Waals surface area contributed by atoms with E-state index in [2.05, 4.69) is 11.9 Å². The van der Waals surface area contributed by atoms with Crippen molar-refractivity contribution in [1.82, 2.24) is 5.32 Å². The van der Waals surface area contributed by atoms with Gasteiger partial charge in [0.25, 0.3) is 5.91 Å². The second-order valence-electron chi connectivity index (χ2n) is 6.10. The summed E-state index contributed by atoms with van der Waals surface area (Å²) in [6.45, 7) is 4.59. The van der Waals surface area contributed by atoms with Crippen LogP contribution in [0.1, 0.15) is 29.6 Å². The Morgan fingerprint density at radius 3 is 2.96 bits per heavy atom. The number of amides is 1. The molecule has 1 aliphatic rings. The molecule has 2 N–H and O–H groups in total. The van der Waals surface area contributed by atoms with Crippen molar-refractivity contribution in [3.8, 4) is 5.75 Å². The van der Waals surface area contributed by atoms with Crippen LogP contribution in [0.25, 0.3) is 11.0 Å². The van der Waals surface area contributed by atoms with Gasteiger partial charge in [0.05, 0.1) is 18.3 Å². The summed E-state index contributed by atoms with van der Waals surface area (Å²) in [6, 6.07) is 5.23. The molecule has 5 nitrogen and oxygen atoms in total. The average molecular weight is 315 g/mol. The maximum atomic E-state index is 12.4. The third kappa shape index (κ3) is 3.10. The van der Waals surface area contributed by atoms with Crippen LogP contribution in [0.3, 0.4) is 0 Å². The number of hydrogen-bond acceptors (Lipinski definition) is 4. The van der Waals surface area contributed by atoms with E-state index in [0.717, 1.165) is 24.6 Å². The fourth-order valence-electron chi connectivity index (χ4n) is 2.87. The highest BCUT2D eigenvalue weighted by molar-refractivity contribution is 5.99. The van der Waals surface area contributed by atoms with Gasteiger partial charge in [-0.15, -0.1) is 0 Å². The summed E-state index contributed by atoms with van der Waals surface area (Å²) in [5.41, 5.74) is 0.947. The maximum absolute atomic E-state index is 12.4. The molecular formula is C18H21NO4. The minimum atomic E-state index is -0.188. The smallest absolute Gasteiger partial charge is 0.251 e. The second-order valence-corrected chi connectivity index (χ2v) is 6.10. The Balaban J connectivity index is 1.78. The molecule has 0 atom stereocenters. The Labute approximate surface area is 134 Å². The first-order valence-electron chi connectivity index (χ1n) is 7.81. The van der Waals surface area contributed by atoms with Crippen LogP contribution < -0.4 is 10.1 Å². The summed E-state index contributed by atoms with van der Waals surface area (Å²) >= 11 is 0. The third-order valence-electron chi connectivity index (χ3n) is 4.53. The van der Waals surface area contributed by atoms with Gasteiger partial charge in [-0.25, -0.2) is 0 Å². The molecule has 1 fully saturated rings. The molecule has 5 heteroatoms. The standard InChI is InChI=1S/C18H21NO4/c1-2-7-22-15-9-13(10-16-14(15)4-8-23-16)17(21)19-11-18(12-20)5-3-6-18/h2,4,8-10,20H,1,3,5-7,11-12H2,(H,19,21).